The third kappa shape index (κ3) is 3.09. The molecule has 0 bridgehead atoms. The van der Waals surface area contributed by atoms with Crippen LogP contribution in [0.3, 0.4) is 0 Å². The highest BCUT2D eigenvalue weighted by atomic mass is 127. The molecular formula is C18H14IN5. The molecule has 0 atom stereocenters. The Labute approximate surface area is 152 Å². The van der Waals surface area contributed by atoms with Gasteiger partial charge in [0.25, 0.3) is 0 Å². The first-order valence-electron chi connectivity index (χ1n) is 7.52. The molecule has 0 unspecified atom stereocenters. The summed E-state index contributed by atoms with van der Waals surface area (Å²) in [6.45, 7) is 0.685. The van der Waals surface area contributed by atoms with Gasteiger partial charge in [0.15, 0.2) is 5.65 Å². The van der Waals surface area contributed by atoms with E-state index in [-0.39, 0.29) is 0 Å². The van der Waals surface area contributed by atoms with Crippen LogP contribution >= 0.6 is 22.6 Å². The van der Waals surface area contributed by atoms with Gasteiger partial charge in [-0.05, 0) is 52.4 Å². The number of nitrogens with one attached hydrogen (secondary N) is 1. The standard InChI is InChI=1S/C18H14IN5/c19-14-6-8-15(9-7-14)23-17-16-10-22-24(18(16)21-12-20-17)11-13-4-2-1-3-5-13/h1-10,12H,11H2,(H,20,21,23). The lowest BCUT2D eigenvalue weighted by molar-refractivity contribution is 0.704. The third-order valence-corrected chi connectivity index (χ3v) is 4.43. The van der Waals surface area contributed by atoms with E-state index in [2.05, 4.69) is 67.2 Å². The van der Waals surface area contributed by atoms with Crippen LogP contribution in [-0.4, -0.2) is 19.7 Å². The van der Waals surface area contributed by atoms with Crippen molar-refractivity contribution in [2.45, 2.75) is 6.54 Å². The summed E-state index contributed by atoms with van der Waals surface area (Å²) < 4.78 is 3.09. The van der Waals surface area contributed by atoms with E-state index >= 15 is 0 Å². The fraction of sp³-hybridized carbons (Fsp3) is 0.0556. The van der Waals surface area contributed by atoms with Crippen LogP contribution < -0.4 is 5.32 Å². The number of aromatic nitrogens is 4. The average Bonchev–Trinajstić information content (AvgIpc) is 3.02. The Balaban J connectivity index is 1.67. The van der Waals surface area contributed by atoms with Gasteiger partial charge in [0.05, 0.1) is 18.1 Å². The lowest BCUT2D eigenvalue weighted by Crippen LogP contribution is -2.03. The maximum Gasteiger partial charge on any atom is 0.163 e. The molecule has 0 saturated carbocycles. The summed E-state index contributed by atoms with van der Waals surface area (Å²) in [7, 11) is 0. The number of anilines is 2. The molecule has 6 heteroatoms. The molecule has 0 fully saturated rings. The number of benzene rings is 2. The third-order valence-electron chi connectivity index (χ3n) is 3.72. The minimum absolute atomic E-state index is 0.685. The van der Waals surface area contributed by atoms with Crippen molar-refractivity contribution in [1.82, 2.24) is 19.7 Å². The highest BCUT2D eigenvalue weighted by Gasteiger charge is 2.10. The largest absolute Gasteiger partial charge is 0.340 e. The van der Waals surface area contributed by atoms with Crippen LogP contribution in [0, 0.1) is 3.57 Å². The number of fused-ring (bicyclic) bond motifs is 1. The van der Waals surface area contributed by atoms with E-state index in [0.29, 0.717) is 6.54 Å². The average molecular weight is 427 g/mol. The molecule has 0 aliphatic heterocycles. The summed E-state index contributed by atoms with van der Waals surface area (Å²) in [6.07, 6.45) is 3.38. The number of halogens is 1. The summed E-state index contributed by atoms with van der Waals surface area (Å²) >= 11 is 2.29. The zero-order chi connectivity index (χ0) is 16.4. The van der Waals surface area contributed by atoms with E-state index in [9.17, 15) is 0 Å². The topological polar surface area (TPSA) is 55.6 Å². The first-order valence-corrected chi connectivity index (χ1v) is 8.60. The SMILES string of the molecule is Ic1ccc(Nc2ncnc3c2cnn3Cc2ccccc2)cc1. The maximum atomic E-state index is 4.48. The van der Waals surface area contributed by atoms with Gasteiger partial charge < -0.3 is 5.32 Å². The molecule has 2 heterocycles. The van der Waals surface area contributed by atoms with Crippen LogP contribution in [0.4, 0.5) is 11.5 Å². The second kappa shape index (κ2) is 6.56. The second-order valence-electron chi connectivity index (χ2n) is 5.38. The molecule has 118 valence electrons. The number of nitrogens with zero attached hydrogens (tertiary/aromatic N) is 4. The summed E-state index contributed by atoms with van der Waals surface area (Å²) in [5.74, 6) is 0.764. The molecule has 0 saturated heterocycles. The molecule has 24 heavy (non-hydrogen) atoms. The molecule has 0 spiro atoms. The van der Waals surface area contributed by atoms with Crippen LogP contribution in [0.15, 0.2) is 67.1 Å². The normalized spacial score (nSPS) is 10.9. The van der Waals surface area contributed by atoms with Crippen molar-refractivity contribution in [3.05, 3.63) is 76.3 Å². The van der Waals surface area contributed by atoms with E-state index in [4.69, 9.17) is 0 Å². The zero-order valence-corrected chi connectivity index (χ0v) is 14.9. The van der Waals surface area contributed by atoms with Crippen LogP contribution in [0.25, 0.3) is 11.0 Å². The first-order chi connectivity index (χ1) is 11.8. The Morgan fingerprint density at radius 1 is 0.958 bits per heavy atom. The molecule has 2 aromatic heterocycles. The van der Waals surface area contributed by atoms with Gasteiger partial charge >= 0.3 is 0 Å². The number of hydrogen-bond acceptors (Lipinski definition) is 4. The van der Waals surface area contributed by atoms with Crippen molar-refractivity contribution < 1.29 is 0 Å². The van der Waals surface area contributed by atoms with E-state index in [1.807, 2.05) is 41.2 Å². The molecule has 0 aliphatic carbocycles. The lowest BCUT2D eigenvalue weighted by Gasteiger charge is -2.07. The number of rotatable bonds is 4. The Bertz CT molecular complexity index is 964. The monoisotopic (exact) mass is 427 g/mol. The van der Waals surface area contributed by atoms with Crippen molar-refractivity contribution in [3.8, 4) is 0 Å². The molecular weight excluding hydrogens is 413 g/mol. The summed E-state index contributed by atoms with van der Waals surface area (Å²) in [4.78, 5) is 8.77. The van der Waals surface area contributed by atoms with Gasteiger partial charge in [0.1, 0.15) is 12.1 Å². The van der Waals surface area contributed by atoms with Crippen molar-refractivity contribution in [3.63, 3.8) is 0 Å². The zero-order valence-electron chi connectivity index (χ0n) is 12.7. The molecule has 2 aromatic carbocycles. The minimum Gasteiger partial charge on any atom is -0.340 e. The highest BCUT2D eigenvalue weighted by molar-refractivity contribution is 14.1. The smallest absolute Gasteiger partial charge is 0.163 e. The maximum absolute atomic E-state index is 4.48. The van der Waals surface area contributed by atoms with Crippen molar-refractivity contribution in [1.29, 1.82) is 0 Å². The predicted molar refractivity (Wildman–Crippen MR) is 103 cm³/mol. The Morgan fingerprint density at radius 3 is 2.54 bits per heavy atom. The molecule has 4 rings (SSSR count). The van der Waals surface area contributed by atoms with E-state index in [1.165, 1.54) is 9.13 Å². The van der Waals surface area contributed by atoms with Gasteiger partial charge in [0, 0.05) is 9.26 Å². The fourth-order valence-electron chi connectivity index (χ4n) is 2.53. The van der Waals surface area contributed by atoms with Gasteiger partial charge in [-0.2, -0.15) is 5.10 Å². The van der Waals surface area contributed by atoms with Crippen LogP contribution in [0.5, 0.6) is 0 Å². The van der Waals surface area contributed by atoms with Gasteiger partial charge in [-0.1, -0.05) is 30.3 Å². The molecule has 4 aromatic rings. The van der Waals surface area contributed by atoms with Gasteiger partial charge in [-0.15, -0.1) is 0 Å². The Morgan fingerprint density at radius 2 is 1.75 bits per heavy atom. The molecule has 1 N–H and O–H groups in total. The lowest BCUT2D eigenvalue weighted by atomic mass is 10.2. The van der Waals surface area contributed by atoms with Crippen molar-refractivity contribution >= 4 is 45.1 Å². The van der Waals surface area contributed by atoms with Crippen molar-refractivity contribution in [2.24, 2.45) is 0 Å². The van der Waals surface area contributed by atoms with Gasteiger partial charge in [0.2, 0.25) is 0 Å². The molecule has 0 amide bonds. The highest BCUT2D eigenvalue weighted by Crippen LogP contribution is 2.23. The van der Waals surface area contributed by atoms with Crippen LogP contribution in [0.2, 0.25) is 0 Å². The van der Waals surface area contributed by atoms with E-state index in [0.717, 1.165) is 22.5 Å². The molecule has 0 aliphatic rings. The van der Waals surface area contributed by atoms with Crippen LogP contribution in [0.1, 0.15) is 5.56 Å². The molecule has 5 nitrogen and oxygen atoms in total. The summed E-state index contributed by atoms with van der Waals surface area (Å²) in [5.41, 5.74) is 3.00. The molecule has 0 radical (unpaired) electrons. The van der Waals surface area contributed by atoms with E-state index in [1.54, 1.807) is 6.33 Å². The Hall–Kier alpha value is -2.48. The Kier molecular flexibility index (Phi) is 4.12. The predicted octanol–water partition coefficient (Wildman–Crippen LogP) is 4.22. The second-order valence-corrected chi connectivity index (χ2v) is 6.62. The van der Waals surface area contributed by atoms with E-state index < -0.39 is 0 Å². The van der Waals surface area contributed by atoms with Gasteiger partial charge in [-0.3, -0.25) is 0 Å². The first kappa shape index (κ1) is 15.1. The quantitative estimate of drug-likeness (QED) is 0.496. The van der Waals surface area contributed by atoms with Crippen molar-refractivity contribution in [2.75, 3.05) is 5.32 Å². The summed E-state index contributed by atoms with van der Waals surface area (Å²) in [6, 6.07) is 18.4. The fourth-order valence-corrected chi connectivity index (χ4v) is 2.89. The van der Waals surface area contributed by atoms with Crippen LogP contribution in [-0.2, 0) is 6.54 Å². The number of hydrogen-bond donors (Lipinski definition) is 1. The summed E-state index contributed by atoms with van der Waals surface area (Å²) in [5, 5.41) is 8.73. The van der Waals surface area contributed by atoms with Gasteiger partial charge in [-0.25, -0.2) is 14.6 Å². The minimum atomic E-state index is 0.685.